The van der Waals surface area contributed by atoms with Crippen LogP contribution in [0.5, 0.6) is 5.75 Å². The van der Waals surface area contributed by atoms with Crippen LogP contribution in [0.15, 0.2) is 264 Å². The lowest BCUT2D eigenvalue weighted by Crippen LogP contribution is -2.33. The van der Waals surface area contributed by atoms with Crippen molar-refractivity contribution in [1.29, 1.82) is 0 Å². The summed E-state index contributed by atoms with van der Waals surface area (Å²) in [6, 6.07) is 94.0. The van der Waals surface area contributed by atoms with Crippen LogP contribution in [-0.2, 0) is 75.8 Å². The number of benzene rings is 12. The first-order valence-electron chi connectivity index (χ1n) is 46.5. The molecular formula is C116H124Br2N6OSi4. The SMILES string of the molecule is CC(C)(C)c1ccc2c(c1)c1c(n2[Si](C)(C)C)Cc2ccccc2-1.COc1ccc2c(c1)c1c(n2C[Si](C)(C)C)Cc2ccccc2-1.C[Si](C)(C)n1c2c(c3cc(Br)ccc31)-c1ccccc1C2.Cc1ccc2c(c1)c1c(n2C[Si](C)(C)C)Cc2ccccc2-1.Cn1c2c(c3cc(Br)ccc31)-c1ccccc1C2.Cn1c2c(c3cc(C(C)(C)C)ccc31)-c1ccccc1C2. The average molecular weight is 1890 g/mol. The zero-order chi connectivity index (χ0) is 90.8. The molecule has 6 heterocycles. The van der Waals surface area contributed by atoms with Gasteiger partial charge in [0.05, 0.1) is 23.3 Å². The molecule has 0 amide bonds. The Morgan fingerprint density at radius 1 is 0.295 bits per heavy atom. The highest BCUT2D eigenvalue weighted by Gasteiger charge is 2.37. The Kier molecular flexibility index (Phi) is 22.3. The van der Waals surface area contributed by atoms with Crippen molar-refractivity contribution >= 4 is 130 Å². The van der Waals surface area contributed by atoms with Gasteiger partial charge in [-0.3, -0.25) is 0 Å². The minimum atomic E-state index is -1.49. The first-order valence-corrected chi connectivity index (χ1v) is 62.4. The van der Waals surface area contributed by atoms with Gasteiger partial charge in [0.15, 0.2) is 16.5 Å². The Morgan fingerprint density at radius 2 is 0.566 bits per heavy atom. The van der Waals surface area contributed by atoms with E-state index in [1.165, 1.54) is 229 Å². The normalized spacial score (nSPS) is 13.5. The molecule has 7 nitrogen and oxygen atoms in total. The molecule has 0 radical (unpaired) electrons. The van der Waals surface area contributed by atoms with Gasteiger partial charge in [0, 0.05) is 207 Å². The number of halogens is 2. The fourth-order valence-electron chi connectivity index (χ4n) is 21.9. The van der Waals surface area contributed by atoms with Crippen LogP contribution in [0.2, 0.25) is 78.6 Å². The summed E-state index contributed by atoms with van der Waals surface area (Å²) >= 11 is 7.22. The molecule has 18 aromatic rings. The molecule has 0 fully saturated rings. The van der Waals surface area contributed by atoms with Gasteiger partial charge in [0.25, 0.3) is 0 Å². The van der Waals surface area contributed by atoms with E-state index in [4.69, 9.17) is 4.74 Å². The second-order valence-electron chi connectivity index (χ2n) is 43.5. The molecule has 0 saturated carbocycles. The molecule has 0 aliphatic heterocycles. The summed E-state index contributed by atoms with van der Waals surface area (Å²) in [6.07, 6.45) is 8.76. The summed E-state index contributed by atoms with van der Waals surface area (Å²) in [5.41, 5.74) is 47.9. The number of ether oxygens (including phenoxy) is 1. The van der Waals surface area contributed by atoms with Crippen LogP contribution in [0.3, 0.4) is 0 Å². The summed E-state index contributed by atoms with van der Waals surface area (Å²) in [5.74, 6) is 0.940. The average Bonchev–Trinajstić information content (AvgIpc) is 1.57. The highest BCUT2D eigenvalue weighted by molar-refractivity contribution is 9.10. The molecule has 129 heavy (non-hydrogen) atoms. The number of aryl methyl sites for hydroxylation is 3. The summed E-state index contributed by atoms with van der Waals surface area (Å²) in [6.45, 7) is 45.3. The molecule has 654 valence electrons. The molecule has 0 atom stereocenters. The third-order valence-electron chi connectivity index (χ3n) is 27.6. The molecular weight excluding hydrogens is 1770 g/mol. The van der Waals surface area contributed by atoms with Gasteiger partial charge in [-0.25, -0.2) is 0 Å². The largest absolute Gasteiger partial charge is 0.497 e. The standard InChI is InChI=1S/C22H27NSi.C20H23NOSi.C20H23NSi.C20H21N.C18H18BrNSi.C16H12BrN/c1-22(2,3)16-11-12-19-18(14-16)21-17-10-8-7-9-15(17)13-20(21)23(19)24(4,5)6;1-22-15-9-10-18-17(12-15)20-16-8-6-5-7-14(16)11-19(20)21(18)13-23(2,3)4;1-14-9-10-18-17(11-14)20-16-8-6-5-7-15(16)12-19(20)21(18)13-22(2,3)4;1-20(2,3)14-9-10-17-16(12-14)19-15-8-6-5-7-13(15)11-18(19)21(17)4;1-21(2,3)20-16-9-8-13(19)11-15(16)18-14-7-5-4-6-12(14)10-17(18)20;1-18-14-7-6-11(17)9-13(14)16-12-5-3-2-4-10(12)8-15(16)18/h7-12,14H,13H2,1-6H3;5-10,12H,11,13H2,1-4H3;5-11H,12-13H2,1-4H3;5-10,12H,11H2,1-4H3;4-9,11H,10H2,1-3H3;2-7,9H,8H2,1H3. The van der Waals surface area contributed by atoms with Crippen LogP contribution in [-0.4, -0.2) is 66.5 Å². The van der Waals surface area contributed by atoms with Gasteiger partial charge in [-0.15, -0.1) is 0 Å². The highest BCUT2D eigenvalue weighted by atomic mass is 79.9. The van der Waals surface area contributed by atoms with E-state index in [9.17, 15) is 0 Å². The molecule has 6 aromatic heterocycles. The first kappa shape index (κ1) is 87.8. The summed E-state index contributed by atoms with van der Waals surface area (Å²) < 4.78 is 23.0. The van der Waals surface area contributed by atoms with E-state index in [-0.39, 0.29) is 10.8 Å². The van der Waals surface area contributed by atoms with Crippen molar-refractivity contribution in [3.8, 4) is 72.5 Å². The molecule has 0 bridgehead atoms. The Morgan fingerprint density at radius 3 is 0.922 bits per heavy atom. The minimum absolute atomic E-state index is 0.181. The number of rotatable bonds is 7. The molecule has 6 aliphatic carbocycles. The molecule has 13 heteroatoms. The molecule has 0 saturated heterocycles. The van der Waals surface area contributed by atoms with Crippen LogP contribution in [0.1, 0.15) is 126 Å². The lowest BCUT2D eigenvalue weighted by atomic mass is 9.86. The lowest BCUT2D eigenvalue weighted by Gasteiger charge is -2.24. The van der Waals surface area contributed by atoms with Crippen molar-refractivity contribution in [2.45, 2.75) is 189 Å². The summed E-state index contributed by atoms with van der Waals surface area (Å²) in [4.78, 5) is 0. The molecule has 0 N–H and O–H groups in total. The van der Waals surface area contributed by atoms with E-state index in [1.807, 2.05) is 0 Å². The van der Waals surface area contributed by atoms with E-state index in [2.05, 4.69) is 455 Å². The van der Waals surface area contributed by atoms with Crippen molar-refractivity contribution in [2.75, 3.05) is 7.11 Å². The number of hydrogen-bond donors (Lipinski definition) is 0. The fourth-order valence-corrected chi connectivity index (χ4v) is 29.1. The van der Waals surface area contributed by atoms with Crippen LogP contribution in [0.25, 0.3) is 132 Å². The van der Waals surface area contributed by atoms with E-state index >= 15 is 0 Å². The zero-order valence-electron chi connectivity index (χ0n) is 79.8. The fraction of sp³-hybridized carbons (Fsp3) is 0.276. The van der Waals surface area contributed by atoms with Gasteiger partial charge >= 0.3 is 0 Å². The van der Waals surface area contributed by atoms with Crippen LogP contribution < -0.4 is 4.74 Å². The monoisotopic (exact) mass is 1890 g/mol. The van der Waals surface area contributed by atoms with Gasteiger partial charge < -0.3 is 31.5 Å². The van der Waals surface area contributed by atoms with E-state index < -0.39 is 32.6 Å². The second-order valence-corrected chi connectivity index (χ2v) is 65.8. The molecule has 12 aromatic carbocycles. The van der Waals surface area contributed by atoms with Crippen molar-refractivity contribution in [2.24, 2.45) is 14.1 Å². The number of fused-ring (bicyclic) bond motifs is 30. The Labute approximate surface area is 785 Å². The van der Waals surface area contributed by atoms with Crippen molar-refractivity contribution in [3.63, 3.8) is 0 Å². The maximum Gasteiger partial charge on any atom is 0.153 e. The first-order chi connectivity index (χ1) is 61.3. The Hall–Kier alpha value is -10.5. The summed E-state index contributed by atoms with van der Waals surface area (Å²) in [5, 5.41) is 8.38. The molecule has 6 aliphatic rings. The zero-order valence-corrected chi connectivity index (χ0v) is 86.9. The van der Waals surface area contributed by atoms with Crippen molar-refractivity contribution in [3.05, 3.63) is 348 Å². The van der Waals surface area contributed by atoms with Gasteiger partial charge in [0.2, 0.25) is 0 Å². The van der Waals surface area contributed by atoms with E-state index in [0.29, 0.717) is 0 Å². The maximum absolute atomic E-state index is 5.48. The molecule has 0 spiro atoms. The predicted octanol–water partition coefficient (Wildman–Crippen LogP) is 31.9. The second kappa shape index (κ2) is 32.8. The van der Waals surface area contributed by atoms with Gasteiger partial charge in [-0.1, -0.05) is 321 Å². The molecule has 24 rings (SSSR count). The smallest absolute Gasteiger partial charge is 0.153 e. The number of aromatic nitrogens is 6. The third kappa shape index (κ3) is 16.0. The van der Waals surface area contributed by atoms with Gasteiger partial charge in [0.1, 0.15) is 5.75 Å². The topological polar surface area (TPSA) is 38.8 Å². The third-order valence-corrected chi connectivity index (χ3v) is 34.8. The minimum Gasteiger partial charge on any atom is -0.497 e. The Bertz CT molecular complexity index is 7550. The lowest BCUT2D eigenvalue weighted by molar-refractivity contribution is 0.415. The number of nitrogens with zero attached hydrogens (tertiary/aromatic N) is 6. The number of methoxy groups -OCH3 is 1. The van der Waals surface area contributed by atoms with Crippen LogP contribution in [0.4, 0.5) is 0 Å². The summed E-state index contributed by atoms with van der Waals surface area (Å²) in [7, 11) is 0.773. The Balaban J connectivity index is 0.000000101. The van der Waals surface area contributed by atoms with E-state index in [0.717, 1.165) is 53.2 Å². The molecule has 0 unspecified atom stereocenters. The van der Waals surface area contributed by atoms with Gasteiger partial charge in [-0.05, 0) is 187 Å². The van der Waals surface area contributed by atoms with Crippen LogP contribution >= 0.6 is 31.9 Å². The predicted molar refractivity (Wildman–Crippen MR) is 571 cm³/mol. The van der Waals surface area contributed by atoms with E-state index in [1.54, 1.807) is 7.11 Å². The van der Waals surface area contributed by atoms with Crippen LogP contribution in [0, 0.1) is 6.92 Å². The van der Waals surface area contributed by atoms with Crippen molar-refractivity contribution < 1.29 is 4.74 Å². The quantitative estimate of drug-likeness (QED) is 0.147. The maximum atomic E-state index is 5.48. The van der Waals surface area contributed by atoms with Gasteiger partial charge in [-0.2, -0.15) is 0 Å². The highest BCUT2D eigenvalue weighted by Crippen LogP contribution is 2.52. The number of hydrogen-bond acceptors (Lipinski definition) is 1. The van der Waals surface area contributed by atoms with Crippen molar-refractivity contribution in [1.82, 2.24) is 26.7 Å².